The number of nitrogens with zero attached hydrogens (tertiary/aromatic N) is 3. The lowest BCUT2D eigenvalue weighted by Gasteiger charge is -2.02. The highest BCUT2D eigenvalue weighted by atomic mass is 14.9. The molecule has 0 spiro atoms. The van der Waals surface area contributed by atoms with Crippen molar-refractivity contribution >= 4 is 0 Å². The van der Waals surface area contributed by atoms with Gasteiger partial charge in [-0.05, 0) is 24.3 Å². The van der Waals surface area contributed by atoms with Crippen LogP contribution >= 0.6 is 0 Å². The van der Waals surface area contributed by atoms with Crippen molar-refractivity contribution < 1.29 is 0 Å². The quantitative estimate of drug-likeness (QED) is 0.724. The van der Waals surface area contributed by atoms with Gasteiger partial charge in [-0.2, -0.15) is 0 Å². The second kappa shape index (κ2) is 4.17. The molecule has 0 amide bonds. The van der Waals surface area contributed by atoms with Gasteiger partial charge in [0.05, 0.1) is 17.7 Å². The van der Waals surface area contributed by atoms with E-state index < -0.39 is 0 Å². The molecule has 0 bridgehead atoms. The summed E-state index contributed by atoms with van der Waals surface area (Å²) in [6.07, 6.45) is 8.77. The molecule has 3 aromatic rings. The van der Waals surface area contributed by atoms with Crippen LogP contribution in [0.1, 0.15) is 0 Å². The second-order valence-electron chi connectivity index (χ2n) is 3.60. The molecule has 0 saturated carbocycles. The molecule has 3 aromatic heterocycles. The van der Waals surface area contributed by atoms with Crippen molar-refractivity contribution in [2.45, 2.75) is 0 Å². The summed E-state index contributed by atoms with van der Waals surface area (Å²) in [5, 5.41) is 0. The molecule has 0 radical (unpaired) electrons. The molecule has 1 N–H and O–H groups in total. The van der Waals surface area contributed by atoms with Crippen LogP contribution in [0.3, 0.4) is 0 Å². The van der Waals surface area contributed by atoms with Crippen LogP contribution in [0.25, 0.3) is 22.5 Å². The first kappa shape index (κ1) is 9.72. The zero-order valence-electron chi connectivity index (χ0n) is 9.04. The van der Waals surface area contributed by atoms with Gasteiger partial charge >= 0.3 is 0 Å². The molecule has 17 heavy (non-hydrogen) atoms. The Kier molecular flexibility index (Phi) is 2.38. The van der Waals surface area contributed by atoms with E-state index in [1.54, 1.807) is 31.1 Å². The van der Waals surface area contributed by atoms with Crippen LogP contribution in [-0.4, -0.2) is 19.9 Å². The normalized spacial score (nSPS) is 10.4. The van der Waals surface area contributed by atoms with E-state index in [1.165, 1.54) is 0 Å². The minimum Gasteiger partial charge on any atom is -0.344 e. The fourth-order valence-electron chi connectivity index (χ4n) is 1.76. The van der Waals surface area contributed by atoms with Crippen molar-refractivity contribution in [1.29, 1.82) is 0 Å². The minimum atomic E-state index is 0.929. The van der Waals surface area contributed by atoms with E-state index in [2.05, 4.69) is 19.9 Å². The van der Waals surface area contributed by atoms with Crippen molar-refractivity contribution in [1.82, 2.24) is 19.9 Å². The third kappa shape index (κ3) is 1.80. The number of nitrogens with one attached hydrogen (secondary N) is 1. The summed E-state index contributed by atoms with van der Waals surface area (Å²) in [6.45, 7) is 0. The number of imidazole rings is 1. The van der Waals surface area contributed by atoms with Crippen LogP contribution in [0.15, 0.2) is 55.4 Å². The summed E-state index contributed by atoms with van der Waals surface area (Å²) < 4.78 is 0. The average molecular weight is 222 g/mol. The number of hydrogen-bond acceptors (Lipinski definition) is 3. The number of hydrogen-bond donors (Lipinski definition) is 1. The lowest BCUT2D eigenvalue weighted by atomic mass is 10.1. The lowest BCUT2D eigenvalue weighted by molar-refractivity contribution is 1.29. The summed E-state index contributed by atoms with van der Waals surface area (Å²) in [7, 11) is 0. The molecule has 4 nitrogen and oxygen atoms in total. The van der Waals surface area contributed by atoms with Gasteiger partial charge in [0.25, 0.3) is 0 Å². The van der Waals surface area contributed by atoms with Gasteiger partial charge in [-0.3, -0.25) is 9.97 Å². The van der Waals surface area contributed by atoms with Gasteiger partial charge in [-0.15, -0.1) is 0 Å². The van der Waals surface area contributed by atoms with E-state index in [-0.39, 0.29) is 0 Å². The second-order valence-corrected chi connectivity index (χ2v) is 3.60. The monoisotopic (exact) mass is 222 g/mol. The Hall–Kier alpha value is -2.49. The summed E-state index contributed by atoms with van der Waals surface area (Å²) in [6, 6.07) is 7.80. The van der Waals surface area contributed by atoms with Crippen LogP contribution in [0.5, 0.6) is 0 Å². The number of aromatic amines is 1. The fraction of sp³-hybridized carbons (Fsp3) is 0. The predicted octanol–water partition coefficient (Wildman–Crippen LogP) is 2.53. The SMILES string of the molecule is c1cc(-c2nc[nH]c2-c2ccncc2)ccn1. The first-order chi connectivity index (χ1) is 8.45. The largest absolute Gasteiger partial charge is 0.344 e. The van der Waals surface area contributed by atoms with Gasteiger partial charge in [-0.25, -0.2) is 4.98 Å². The van der Waals surface area contributed by atoms with Crippen molar-refractivity contribution in [3.05, 3.63) is 55.4 Å². The molecular weight excluding hydrogens is 212 g/mol. The first-order valence-electron chi connectivity index (χ1n) is 5.29. The molecule has 3 rings (SSSR count). The number of pyridine rings is 2. The molecule has 0 unspecified atom stereocenters. The number of H-pyrrole nitrogens is 1. The summed E-state index contributed by atoms with van der Waals surface area (Å²) in [5.74, 6) is 0. The van der Waals surface area contributed by atoms with Gasteiger partial charge in [0.15, 0.2) is 0 Å². The third-order valence-corrected chi connectivity index (χ3v) is 2.56. The van der Waals surface area contributed by atoms with Crippen molar-refractivity contribution in [2.24, 2.45) is 0 Å². The fourth-order valence-corrected chi connectivity index (χ4v) is 1.76. The molecule has 0 aliphatic rings. The maximum absolute atomic E-state index is 4.36. The van der Waals surface area contributed by atoms with Crippen LogP contribution in [-0.2, 0) is 0 Å². The first-order valence-corrected chi connectivity index (χ1v) is 5.29. The Morgan fingerprint density at radius 1 is 0.765 bits per heavy atom. The van der Waals surface area contributed by atoms with Gasteiger partial charge < -0.3 is 4.98 Å². The van der Waals surface area contributed by atoms with Crippen LogP contribution in [0, 0.1) is 0 Å². The molecule has 0 saturated heterocycles. The Bertz CT molecular complexity index is 548. The summed E-state index contributed by atoms with van der Waals surface area (Å²) in [5.41, 5.74) is 4.05. The Morgan fingerprint density at radius 2 is 1.35 bits per heavy atom. The number of aromatic nitrogens is 4. The molecule has 4 heteroatoms. The highest BCUT2D eigenvalue weighted by molar-refractivity contribution is 5.77. The molecule has 0 aliphatic heterocycles. The zero-order valence-corrected chi connectivity index (χ0v) is 9.04. The smallest absolute Gasteiger partial charge is 0.0962 e. The number of rotatable bonds is 2. The van der Waals surface area contributed by atoms with E-state index in [0.717, 1.165) is 22.5 Å². The highest BCUT2D eigenvalue weighted by Crippen LogP contribution is 2.27. The van der Waals surface area contributed by atoms with Gasteiger partial charge in [-0.1, -0.05) is 0 Å². The molecule has 0 fully saturated rings. The van der Waals surface area contributed by atoms with E-state index in [9.17, 15) is 0 Å². The predicted molar refractivity (Wildman–Crippen MR) is 65.0 cm³/mol. The molecular formula is C13H10N4. The maximum Gasteiger partial charge on any atom is 0.0962 e. The van der Waals surface area contributed by atoms with E-state index in [1.807, 2.05) is 24.3 Å². The molecule has 0 atom stereocenters. The van der Waals surface area contributed by atoms with Crippen molar-refractivity contribution in [3.63, 3.8) is 0 Å². The van der Waals surface area contributed by atoms with E-state index in [0.29, 0.717) is 0 Å². The summed E-state index contributed by atoms with van der Waals surface area (Å²) >= 11 is 0. The minimum absolute atomic E-state index is 0.929. The lowest BCUT2D eigenvalue weighted by Crippen LogP contribution is -1.84. The van der Waals surface area contributed by atoms with E-state index in [4.69, 9.17) is 0 Å². The standard InChI is InChI=1S/C13H10N4/c1-5-14-6-2-10(1)12-13(17-9-16-12)11-3-7-15-8-4-11/h1-9H,(H,16,17). The Balaban J connectivity index is 2.13. The molecule has 0 aliphatic carbocycles. The van der Waals surface area contributed by atoms with Crippen LogP contribution in [0.2, 0.25) is 0 Å². The van der Waals surface area contributed by atoms with Gasteiger partial charge in [0.2, 0.25) is 0 Å². The topological polar surface area (TPSA) is 54.5 Å². The third-order valence-electron chi connectivity index (χ3n) is 2.56. The highest BCUT2D eigenvalue weighted by Gasteiger charge is 2.09. The summed E-state index contributed by atoms with van der Waals surface area (Å²) in [4.78, 5) is 15.5. The Labute approximate surface area is 98.4 Å². The molecule has 82 valence electrons. The average Bonchev–Trinajstić information content (AvgIpc) is 2.90. The Morgan fingerprint density at radius 3 is 2.00 bits per heavy atom. The van der Waals surface area contributed by atoms with Gasteiger partial charge in [0, 0.05) is 35.9 Å². The maximum atomic E-state index is 4.36. The molecule has 3 heterocycles. The zero-order chi connectivity index (χ0) is 11.5. The van der Waals surface area contributed by atoms with Crippen molar-refractivity contribution in [3.8, 4) is 22.5 Å². The van der Waals surface area contributed by atoms with E-state index >= 15 is 0 Å². The van der Waals surface area contributed by atoms with Crippen LogP contribution < -0.4 is 0 Å². The van der Waals surface area contributed by atoms with Gasteiger partial charge in [0.1, 0.15) is 0 Å². The van der Waals surface area contributed by atoms with Crippen LogP contribution in [0.4, 0.5) is 0 Å². The van der Waals surface area contributed by atoms with Crippen molar-refractivity contribution in [2.75, 3.05) is 0 Å². The molecule has 0 aromatic carbocycles.